The van der Waals surface area contributed by atoms with Crippen molar-refractivity contribution in [1.82, 2.24) is 14.6 Å². The lowest BCUT2D eigenvalue weighted by Crippen LogP contribution is -2.39. The first-order chi connectivity index (χ1) is 12.0. The molecule has 25 heavy (non-hydrogen) atoms. The number of fused-ring (bicyclic) bond motifs is 1. The van der Waals surface area contributed by atoms with Crippen LogP contribution >= 0.6 is 0 Å². The van der Waals surface area contributed by atoms with Gasteiger partial charge < -0.3 is 4.90 Å². The monoisotopic (exact) mass is 334 g/mol. The maximum atomic E-state index is 4.90. The second-order valence-corrected chi connectivity index (χ2v) is 7.78. The summed E-state index contributed by atoms with van der Waals surface area (Å²) in [6.45, 7) is 11.0. The fourth-order valence-corrected chi connectivity index (χ4v) is 4.10. The molecule has 0 spiro atoms. The summed E-state index contributed by atoms with van der Waals surface area (Å²) in [6, 6.07) is 12.8. The first-order valence-corrected chi connectivity index (χ1v) is 9.19. The summed E-state index contributed by atoms with van der Waals surface area (Å²) in [4.78, 5) is 7.19. The van der Waals surface area contributed by atoms with Crippen molar-refractivity contribution in [1.29, 1.82) is 0 Å². The quantitative estimate of drug-likeness (QED) is 0.692. The highest BCUT2D eigenvalue weighted by Crippen LogP contribution is 2.28. The lowest BCUT2D eigenvalue weighted by atomic mass is 9.92. The van der Waals surface area contributed by atoms with Crippen LogP contribution in [0.4, 0.5) is 5.82 Å². The molecule has 2 aromatic heterocycles. The fraction of sp³-hybridized carbons (Fsp3) is 0.429. The van der Waals surface area contributed by atoms with Crippen LogP contribution in [0.25, 0.3) is 16.9 Å². The minimum Gasteiger partial charge on any atom is -0.356 e. The van der Waals surface area contributed by atoms with E-state index in [9.17, 15) is 0 Å². The highest BCUT2D eigenvalue weighted by molar-refractivity contribution is 5.66. The topological polar surface area (TPSA) is 33.4 Å². The molecule has 4 rings (SSSR count). The molecule has 1 fully saturated rings. The Kier molecular flexibility index (Phi) is 3.98. The fourth-order valence-electron chi connectivity index (χ4n) is 4.10. The van der Waals surface area contributed by atoms with Crippen LogP contribution in [-0.4, -0.2) is 27.7 Å². The Hall–Kier alpha value is -2.36. The van der Waals surface area contributed by atoms with Crippen LogP contribution in [0.2, 0.25) is 0 Å². The zero-order valence-corrected chi connectivity index (χ0v) is 15.5. The average Bonchev–Trinajstić information content (AvgIpc) is 2.97. The van der Waals surface area contributed by atoms with Crippen LogP contribution in [0.5, 0.6) is 0 Å². The number of hydrogen-bond donors (Lipinski definition) is 0. The largest absolute Gasteiger partial charge is 0.356 e. The summed E-state index contributed by atoms with van der Waals surface area (Å²) in [6.07, 6.45) is 1.30. The van der Waals surface area contributed by atoms with Gasteiger partial charge in [-0.05, 0) is 38.2 Å². The molecule has 4 nitrogen and oxygen atoms in total. The Morgan fingerprint density at radius 2 is 1.76 bits per heavy atom. The number of anilines is 1. The molecule has 1 aromatic carbocycles. The van der Waals surface area contributed by atoms with Crippen molar-refractivity contribution in [3.63, 3.8) is 0 Å². The Bertz CT molecular complexity index is 901. The van der Waals surface area contributed by atoms with Gasteiger partial charge in [-0.2, -0.15) is 9.61 Å². The zero-order valence-electron chi connectivity index (χ0n) is 15.5. The maximum Gasteiger partial charge on any atom is 0.158 e. The lowest BCUT2D eigenvalue weighted by molar-refractivity contribution is 0.354. The second-order valence-electron chi connectivity index (χ2n) is 7.78. The van der Waals surface area contributed by atoms with Gasteiger partial charge in [0.15, 0.2) is 5.65 Å². The van der Waals surface area contributed by atoms with E-state index < -0.39 is 0 Å². The van der Waals surface area contributed by atoms with E-state index in [0.717, 1.165) is 35.7 Å². The Balaban J connectivity index is 1.82. The number of benzene rings is 1. The summed E-state index contributed by atoms with van der Waals surface area (Å²) in [7, 11) is 0. The molecule has 4 heteroatoms. The highest BCUT2D eigenvalue weighted by Gasteiger charge is 2.24. The van der Waals surface area contributed by atoms with Crippen LogP contribution in [0, 0.1) is 25.7 Å². The predicted molar refractivity (Wildman–Crippen MR) is 103 cm³/mol. The Labute approximate surface area is 149 Å². The molecule has 1 aliphatic rings. The van der Waals surface area contributed by atoms with Gasteiger partial charge in [0.1, 0.15) is 5.82 Å². The van der Waals surface area contributed by atoms with Crippen molar-refractivity contribution in [3.05, 3.63) is 47.7 Å². The molecule has 0 aliphatic carbocycles. The average molecular weight is 334 g/mol. The van der Waals surface area contributed by atoms with Gasteiger partial charge in [-0.15, -0.1) is 0 Å². The molecule has 1 saturated heterocycles. The SMILES string of the molecule is Cc1cccc(-c2cc3nc(C)cc(N4C[C@@H](C)C[C@H](C)C4)n3n2)c1. The van der Waals surface area contributed by atoms with Gasteiger partial charge in [0.2, 0.25) is 0 Å². The van der Waals surface area contributed by atoms with E-state index in [0.29, 0.717) is 11.8 Å². The smallest absolute Gasteiger partial charge is 0.158 e. The van der Waals surface area contributed by atoms with Crippen molar-refractivity contribution in [3.8, 4) is 11.3 Å². The first kappa shape index (κ1) is 16.1. The van der Waals surface area contributed by atoms with Crippen LogP contribution in [-0.2, 0) is 0 Å². The van der Waals surface area contributed by atoms with Gasteiger partial charge in [0, 0.05) is 36.5 Å². The summed E-state index contributed by atoms with van der Waals surface area (Å²) < 4.78 is 2.02. The van der Waals surface area contributed by atoms with Gasteiger partial charge in [0.25, 0.3) is 0 Å². The third-order valence-corrected chi connectivity index (χ3v) is 5.04. The van der Waals surface area contributed by atoms with Gasteiger partial charge in [-0.25, -0.2) is 4.98 Å². The van der Waals surface area contributed by atoms with Crippen molar-refractivity contribution in [2.24, 2.45) is 11.8 Å². The number of aryl methyl sites for hydroxylation is 2. The third kappa shape index (κ3) is 3.13. The van der Waals surface area contributed by atoms with E-state index in [2.05, 4.69) is 69.0 Å². The summed E-state index contributed by atoms with van der Waals surface area (Å²) >= 11 is 0. The van der Waals surface area contributed by atoms with Gasteiger partial charge >= 0.3 is 0 Å². The van der Waals surface area contributed by atoms with Crippen molar-refractivity contribution in [2.75, 3.05) is 18.0 Å². The predicted octanol–water partition coefficient (Wildman–Crippen LogP) is 4.50. The molecule has 0 N–H and O–H groups in total. The molecule has 0 saturated carbocycles. The highest BCUT2D eigenvalue weighted by atomic mass is 15.4. The van der Waals surface area contributed by atoms with Crippen LogP contribution in [0.3, 0.4) is 0 Å². The molecule has 0 unspecified atom stereocenters. The van der Waals surface area contributed by atoms with Crippen molar-refractivity contribution < 1.29 is 0 Å². The van der Waals surface area contributed by atoms with Crippen LogP contribution in [0.15, 0.2) is 36.4 Å². The number of hydrogen-bond acceptors (Lipinski definition) is 3. The zero-order chi connectivity index (χ0) is 17.6. The number of aromatic nitrogens is 3. The minimum absolute atomic E-state index is 0.707. The van der Waals surface area contributed by atoms with Gasteiger partial charge in [-0.3, -0.25) is 0 Å². The Morgan fingerprint density at radius 1 is 1.00 bits per heavy atom. The molecule has 0 bridgehead atoms. The number of nitrogens with zero attached hydrogens (tertiary/aromatic N) is 4. The molecular weight excluding hydrogens is 308 g/mol. The molecule has 0 radical (unpaired) electrons. The molecule has 0 amide bonds. The van der Waals surface area contributed by atoms with E-state index in [-0.39, 0.29) is 0 Å². The van der Waals surface area contributed by atoms with Crippen molar-refractivity contribution >= 4 is 11.5 Å². The summed E-state index contributed by atoms with van der Waals surface area (Å²) in [5.41, 5.74) is 5.36. The summed E-state index contributed by atoms with van der Waals surface area (Å²) in [5, 5.41) is 4.90. The molecule has 3 heterocycles. The van der Waals surface area contributed by atoms with E-state index in [4.69, 9.17) is 10.1 Å². The van der Waals surface area contributed by atoms with Crippen LogP contribution < -0.4 is 4.90 Å². The summed E-state index contributed by atoms with van der Waals surface area (Å²) in [5.74, 6) is 2.58. The molecular formula is C21H26N4. The first-order valence-electron chi connectivity index (χ1n) is 9.19. The van der Waals surface area contributed by atoms with Gasteiger partial charge in [0.05, 0.1) is 5.69 Å². The maximum absolute atomic E-state index is 4.90. The lowest BCUT2D eigenvalue weighted by Gasteiger charge is -2.36. The van der Waals surface area contributed by atoms with E-state index in [1.807, 2.05) is 4.52 Å². The number of rotatable bonds is 2. The number of piperidine rings is 1. The molecule has 130 valence electrons. The molecule has 2 atom stereocenters. The molecule has 3 aromatic rings. The molecule has 1 aliphatic heterocycles. The minimum atomic E-state index is 0.707. The van der Waals surface area contributed by atoms with Gasteiger partial charge in [-0.1, -0.05) is 37.6 Å². The normalized spacial score (nSPS) is 21.0. The van der Waals surface area contributed by atoms with Crippen LogP contribution in [0.1, 0.15) is 31.5 Å². The van der Waals surface area contributed by atoms with E-state index in [1.165, 1.54) is 17.8 Å². The van der Waals surface area contributed by atoms with Crippen molar-refractivity contribution in [2.45, 2.75) is 34.1 Å². The second kappa shape index (κ2) is 6.17. The third-order valence-electron chi connectivity index (χ3n) is 5.04. The Morgan fingerprint density at radius 3 is 2.48 bits per heavy atom. The standard InChI is InChI=1S/C21H26N4/c1-14-6-5-7-18(9-14)19-11-20-22-17(4)10-21(25(20)23-19)24-12-15(2)8-16(3)13-24/h5-7,9-11,15-16H,8,12-13H2,1-4H3/t15-,16-/m0/s1. The van der Waals surface area contributed by atoms with E-state index >= 15 is 0 Å². The van der Waals surface area contributed by atoms with E-state index in [1.54, 1.807) is 0 Å².